The van der Waals surface area contributed by atoms with Crippen molar-refractivity contribution < 1.29 is 0 Å². The number of H-pyrrole nitrogens is 1. The number of aromatic amines is 1. The fourth-order valence-corrected chi connectivity index (χ4v) is 1.23. The van der Waals surface area contributed by atoms with E-state index in [9.17, 15) is 4.79 Å². The van der Waals surface area contributed by atoms with Gasteiger partial charge in [-0.1, -0.05) is 0 Å². The maximum absolute atomic E-state index is 11.1. The summed E-state index contributed by atoms with van der Waals surface area (Å²) in [6.07, 6.45) is 8.63. The molecule has 0 saturated heterocycles. The fraction of sp³-hybridized carbons (Fsp3) is 0. The zero-order valence-corrected chi connectivity index (χ0v) is 7.77. The van der Waals surface area contributed by atoms with E-state index in [-0.39, 0.29) is 11.1 Å². The number of hydrogen-bond donors (Lipinski definition) is 2. The van der Waals surface area contributed by atoms with E-state index >= 15 is 0 Å². The molecule has 5 heteroatoms. The van der Waals surface area contributed by atoms with Crippen molar-refractivity contribution in [1.82, 2.24) is 10.3 Å². The lowest BCUT2D eigenvalue weighted by atomic mass is 10.2. The molecule has 0 unspecified atom stereocenters. The Hall–Kier alpha value is -2.48. The lowest BCUT2D eigenvalue weighted by molar-refractivity contribution is 1.08. The fourth-order valence-electron chi connectivity index (χ4n) is 1.23. The molecule has 0 amide bonds. The Morgan fingerprint density at radius 1 is 1.33 bits per heavy atom. The number of nitrogens with zero attached hydrogens (tertiary/aromatic N) is 2. The van der Waals surface area contributed by atoms with Gasteiger partial charge in [0.2, 0.25) is 0 Å². The van der Waals surface area contributed by atoms with E-state index < -0.39 is 0 Å². The van der Waals surface area contributed by atoms with Crippen LogP contribution in [0.15, 0.2) is 41.9 Å². The Morgan fingerprint density at radius 2 is 2.07 bits per heavy atom. The van der Waals surface area contributed by atoms with Gasteiger partial charge in [0.15, 0.2) is 0 Å². The minimum Gasteiger partial charge on any atom is -0.365 e. The summed E-state index contributed by atoms with van der Waals surface area (Å²) in [5, 5.41) is 11.6. The minimum atomic E-state index is -0.371. The molecule has 0 saturated carbocycles. The van der Waals surface area contributed by atoms with Crippen molar-refractivity contribution in [2.24, 2.45) is 0 Å². The molecule has 1 aromatic rings. The molecule has 2 heterocycles. The summed E-state index contributed by atoms with van der Waals surface area (Å²) >= 11 is 0. The Bertz CT molecular complexity index is 509. The SMILES string of the molecule is N#Cc1cc(N2C=CNC=C2)c[nH]c1=O. The van der Waals surface area contributed by atoms with Crippen LogP contribution in [0.5, 0.6) is 0 Å². The van der Waals surface area contributed by atoms with Crippen LogP contribution < -0.4 is 15.8 Å². The van der Waals surface area contributed by atoms with Crippen molar-refractivity contribution in [1.29, 1.82) is 5.26 Å². The first-order valence-electron chi connectivity index (χ1n) is 4.32. The Labute approximate surface area is 86.0 Å². The minimum absolute atomic E-state index is 0.104. The van der Waals surface area contributed by atoms with Gasteiger partial charge in [0.25, 0.3) is 5.56 Å². The van der Waals surface area contributed by atoms with Crippen LogP contribution in [0.2, 0.25) is 0 Å². The second-order valence-electron chi connectivity index (χ2n) is 2.92. The molecule has 0 fully saturated rings. The van der Waals surface area contributed by atoms with Gasteiger partial charge in [-0.25, -0.2) is 0 Å². The molecule has 0 atom stereocenters. The molecular formula is C10H8N4O. The van der Waals surface area contributed by atoms with Crippen LogP contribution in [0, 0.1) is 11.3 Å². The van der Waals surface area contributed by atoms with Gasteiger partial charge in [0.05, 0.1) is 5.69 Å². The number of rotatable bonds is 1. The summed E-state index contributed by atoms with van der Waals surface area (Å²) in [5.41, 5.74) is 0.470. The molecule has 0 spiro atoms. The van der Waals surface area contributed by atoms with E-state index in [0.29, 0.717) is 0 Å². The van der Waals surface area contributed by atoms with Crippen LogP contribution in [0.4, 0.5) is 5.69 Å². The summed E-state index contributed by atoms with van der Waals surface area (Å²) < 4.78 is 0. The van der Waals surface area contributed by atoms with Gasteiger partial charge in [-0.05, 0) is 6.07 Å². The molecule has 74 valence electrons. The predicted molar refractivity (Wildman–Crippen MR) is 55.7 cm³/mol. The predicted octanol–water partition coefficient (Wildman–Crippen LogP) is 0.599. The van der Waals surface area contributed by atoms with Crippen molar-refractivity contribution in [2.45, 2.75) is 0 Å². The maximum atomic E-state index is 11.1. The zero-order chi connectivity index (χ0) is 10.7. The highest BCUT2D eigenvalue weighted by Gasteiger charge is 2.05. The molecule has 0 bridgehead atoms. The second-order valence-corrected chi connectivity index (χ2v) is 2.92. The quantitative estimate of drug-likeness (QED) is 0.696. The van der Waals surface area contributed by atoms with Gasteiger partial charge in [-0.15, -0.1) is 0 Å². The van der Waals surface area contributed by atoms with Gasteiger partial charge in [0, 0.05) is 31.0 Å². The molecule has 0 radical (unpaired) electrons. The molecular weight excluding hydrogens is 192 g/mol. The third kappa shape index (κ3) is 1.74. The average Bonchev–Trinajstić information content (AvgIpc) is 2.31. The summed E-state index contributed by atoms with van der Waals surface area (Å²) in [5.74, 6) is 0. The van der Waals surface area contributed by atoms with E-state index in [4.69, 9.17) is 5.26 Å². The third-order valence-electron chi connectivity index (χ3n) is 1.97. The first-order valence-corrected chi connectivity index (χ1v) is 4.32. The summed E-state index contributed by atoms with van der Waals surface area (Å²) in [6.45, 7) is 0. The maximum Gasteiger partial charge on any atom is 0.265 e. The Balaban J connectivity index is 2.42. The monoisotopic (exact) mass is 200 g/mol. The molecule has 2 rings (SSSR count). The second kappa shape index (κ2) is 3.72. The lowest BCUT2D eigenvalue weighted by Gasteiger charge is -2.17. The van der Waals surface area contributed by atoms with Crippen LogP contribution in [-0.4, -0.2) is 4.98 Å². The number of nitrogens with one attached hydrogen (secondary N) is 2. The van der Waals surface area contributed by atoms with Gasteiger partial charge in [0.1, 0.15) is 11.6 Å². The standard InChI is InChI=1S/C10H8N4O/c11-6-8-5-9(7-13-10(8)15)14-3-1-12-2-4-14/h1-5,7,12H,(H,13,15). The molecule has 0 aromatic carbocycles. The first-order chi connectivity index (χ1) is 7.31. The van der Waals surface area contributed by atoms with E-state index in [0.717, 1.165) is 5.69 Å². The normalized spacial score (nSPS) is 13.4. The summed E-state index contributed by atoms with van der Waals surface area (Å²) in [7, 11) is 0. The van der Waals surface area contributed by atoms with Crippen LogP contribution in [-0.2, 0) is 0 Å². The topological polar surface area (TPSA) is 71.9 Å². The van der Waals surface area contributed by atoms with Crippen LogP contribution in [0.25, 0.3) is 0 Å². The van der Waals surface area contributed by atoms with Gasteiger partial charge >= 0.3 is 0 Å². The van der Waals surface area contributed by atoms with Crippen molar-refractivity contribution in [3.05, 3.63) is 53.0 Å². The van der Waals surface area contributed by atoms with E-state index in [2.05, 4.69) is 10.3 Å². The highest BCUT2D eigenvalue weighted by Crippen LogP contribution is 2.14. The van der Waals surface area contributed by atoms with Gasteiger partial charge < -0.3 is 15.2 Å². The van der Waals surface area contributed by atoms with Crippen LogP contribution >= 0.6 is 0 Å². The molecule has 0 aliphatic carbocycles. The zero-order valence-electron chi connectivity index (χ0n) is 7.77. The molecule has 1 aliphatic heterocycles. The van der Waals surface area contributed by atoms with Crippen LogP contribution in [0.1, 0.15) is 5.56 Å². The molecule has 5 nitrogen and oxygen atoms in total. The highest BCUT2D eigenvalue weighted by molar-refractivity contribution is 5.54. The number of hydrogen-bond acceptors (Lipinski definition) is 4. The largest absolute Gasteiger partial charge is 0.365 e. The smallest absolute Gasteiger partial charge is 0.265 e. The van der Waals surface area contributed by atoms with Crippen molar-refractivity contribution in [2.75, 3.05) is 4.90 Å². The van der Waals surface area contributed by atoms with Crippen molar-refractivity contribution >= 4 is 5.69 Å². The van der Waals surface area contributed by atoms with E-state index in [1.54, 1.807) is 42.0 Å². The first kappa shape index (κ1) is 9.09. The van der Waals surface area contributed by atoms with E-state index in [1.807, 2.05) is 6.07 Å². The third-order valence-corrected chi connectivity index (χ3v) is 1.97. The average molecular weight is 200 g/mol. The molecule has 1 aromatic heterocycles. The Kier molecular flexibility index (Phi) is 2.25. The lowest BCUT2D eigenvalue weighted by Crippen LogP contribution is -2.17. The number of nitriles is 1. The molecule has 15 heavy (non-hydrogen) atoms. The van der Waals surface area contributed by atoms with Gasteiger partial charge in [-0.2, -0.15) is 5.26 Å². The molecule has 2 N–H and O–H groups in total. The summed E-state index contributed by atoms with van der Waals surface area (Å²) in [6, 6.07) is 3.38. The highest BCUT2D eigenvalue weighted by atomic mass is 16.1. The van der Waals surface area contributed by atoms with Crippen molar-refractivity contribution in [3.8, 4) is 6.07 Å². The number of aromatic nitrogens is 1. The number of pyridine rings is 1. The van der Waals surface area contributed by atoms with E-state index in [1.165, 1.54) is 0 Å². The summed E-state index contributed by atoms with van der Waals surface area (Å²) in [4.78, 5) is 15.4. The molecule has 1 aliphatic rings. The van der Waals surface area contributed by atoms with Crippen LogP contribution in [0.3, 0.4) is 0 Å². The Morgan fingerprint density at radius 3 is 2.73 bits per heavy atom. The van der Waals surface area contributed by atoms with Gasteiger partial charge in [-0.3, -0.25) is 4.79 Å². The number of anilines is 1. The van der Waals surface area contributed by atoms with Crippen molar-refractivity contribution in [3.63, 3.8) is 0 Å².